The van der Waals surface area contributed by atoms with Crippen molar-refractivity contribution in [2.24, 2.45) is 11.8 Å². The van der Waals surface area contributed by atoms with E-state index in [0.29, 0.717) is 5.78 Å². The molecule has 0 N–H and O–H groups in total. The molecule has 1 aromatic rings. The predicted molar refractivity (Wildman–Crippen MR) is 73.1 cm³/mol. The maximum atomic E-state index is 12.5. The number of Topliss-reactive ketones (excluding diaryl/α,β-unsaturated/α-hetero) is 1. The van der Waals surface area contributed by atoms with Gasteiger partial charge in [0.2, 0.25) is 0 Å². The standard InChI is InChI=1S/C16H22O2/c1-3-12-6-4-7-13(10-12)16(17)14-8-5-9-15(11-14)18-2/h5,8-9,11-13H,3-4,6-7,10H2,1-2H3. The average Bonchev–Trinajstić information content (AvgIpc) is 2.46. The Morgan fingerprint density at radius 1 is 1.39 bits per heavy atom. The number of methoxy groups -OCH3 is 1. The average molecular weight is 246 g/mol. The zero-order valence-corrected chi connectivity index (χ0v) is 11.3. The van der Waals surface area contributed by atoms with E-state index >= 15 is 0 Å². The van der Waals surface area contributed by atoms with Gasteiger partial charge in [0.1, 0.15) is 5.75 Å². The summed E-state index contributed by atoms with van der Waals surface area (Å²) in [5.74, 6) is 2.02. The Labute approximate surface area is 109 Å². The molecule has 0 amide bonds. The summed E-state index contributed by atoms with van der Waals surface area (Å²) in [5.41, 5.74) is 0.802. The summed E-state index contributed by atoms with van der Waals surface area (Å²) in [6, 6.07) is 7.54. The van der Waals surface area contributed by atoms with Gasteiger partial charge in [0.25, 0.3) is 0 Å². The number of ketones is 1. The van der Waals surface area contributed by atoms with Crippen LogP contribution in [-0.4, -0.2) is 12.9 Å². The first-order chi connectivity index (χ1) is 8.74. The van der Waals surface area contributed by atoms with Crippen LogP contribution in [-0.2, 0) is 0 Å². The molecule has 18 heavy (non-hydrogen) atoms. The van der Waals surface area contributed by atoms with E-state index in [4.69, 9.17) is 4.74 Å². The van der Waals surface area contributed by atoms with E-state index in [1.165, 1.54) is 19.3 Å². The van der Waals surface area contributed by atoms with E-state index in [-0.39, 0.29) is 5.92 Å². The van der Waals surface area contributed by atoms with Gasteiger partial charge in [-0.3, -0.25) is 4.79 Å². The minimum Gasteiger partial charge on any atom is -0.497 e. The Morgan fingerprint density at radius 2 is 2.22 bits per heavy atom. The zero-order valence-electron chi connectivity index (χ0n) is 11.3. The number of benzene rings is 1. The van der Waals surface area contributed by atoms with Crippen molar-refractivity contribution in [3.8, 4) is 5.75 Å². The molecule has 1 fully saturated rings. The Morgan fingerprint density at radius 3 is 2.94 bits per heavy atom. The lowest BCUT2D eigenvalue weighted by Gasteiger charge is -2.27. The molecule has 0 heterocycles. The molecule has 0 radical (unpaired) electrons. The molecule has 1 aliphatic carbocycles. The molecule has 0 aliphatic heterocycles. The van der Waals surface area contributed by atoms with Crippen molar-refractivity contribution in [3.63, 3.8) is 0 Å². The van der Waals surface area contributed by atoms with Crippen molar-refractivity contribution < 1.29 is 9.53 Å². The fourth-order valence-electron chi connectivity index (χ4n) is 2.91. The third kappa shape index (κ3) is 2.92. The van der Waals surface area contributed by atoms with Crippen molar-refractivity contribution >= 4 is 5.78 Å². The molecule has 2 heteroatoms. The fraction of sp³-hybridized carbons (Fsp3) is 0.562. The molecule has 98 valence electrons. The van der Waals surface area contributed by atoms with E-state index in [0.717, 1.165) is 30.1 Å². The first-order valence-corrected chi connectivity index (χ1v) is 6.92. The van der Waals surface area contributed by atoms with Crippen molar-refractivity contribution in [2.75, 3.05) is 7.11 Å². The lowest BCUT2D eigenvalue weighted by Crippen LogP contribution is -2.22. The second kappa shape index (κ2) is 6.03. The Hall–Kier alpha value is -1.31. The largest absolute Gasteiger partial charge is 0.497 e. The smallest absolute Gasteiger partial charge is 0.166 e. The lowest BCUT2D eigenvalue weighted by atomic mass is 9.77. The van der Waals surface area contributed by atoms with Crippen LogP contribution in [0.4, 0.5) is 0 Å². The Kier molecular flexibility index (Phi) is 4.40. The number of ether oxygens (including phenoxy) is 1. The van der Waals surface area contributed by atoms with Gasteiger partial charge >= 0.3 is 0 Å². The van der Waals surface area contributed by atoms with Gasteiger partial charge in [0.05, 0.1) is 7.11 Å². The predicted octanol–water partition coefficient (Wildman–Crippen LogP) is 4.09. The number of hydrogen-bond acceptors (Lipinski definition) is 2. The molecule has 0 bridgehead atoms. The summed E-state index contributed by atoms with van der Waals surface area (Å²) in [4.78, 5) is 12.5. The van der Waals surface area contributed by atoms with Crippen molar-refractivity contribution in [1.29, 1.82) is 0 Å². The molecule has 1 saturated carbocycles. The van der Waals surface area contributed by atoms with Gasteiger partial charge in [-0.15, -0.1) is 0 Å². The highest BCUT2D eigenvalue weighted by atomic mass is 16.5. The van der Waals surface area contributed by atoms with Gasteiger partial charge < -0.3 is 4.74 Å². The lowest BCUT2D eigenvalue weighted by molar-refractivity contribution is 0.0861. The summed E-state index contributed by atoms with van der Waals surface area (Å²) < 4.78 is 5.18. The monoisotopic (exact) mass is 246 g/mol. The zero-order chi connectivity index (χ0) is 13.0. The molecular weight excluding hydrogens is 224 g/mol. The summed E-state index contributed by atoms with van der Waals surface area (Å²) in [7, 11) is 1.64. The minimum atomic E-state index is 0.218. The first-order valence-electron chi connectivity index (χ1n) is 6.92. The van der Waals surface area contributed by atoms with E-state index in [1.807, 2.05) is 24.3 Å². The highest BCUT2D eigenvalue weighted by Crippen LogP contribution is 2.33. The van der Waals surface area contributed by atoms with E-state index in [1.54, 1.807) is 7.11 Å². The topological polar surface area (TPSA) is 26.3 Å². The quantitative estimate of drug-likeness (QED) is 0.748. The highest BCUT2D eigenvalue weighted by molar-refractivity contribution is 5.98. The maximum Gasteiger partial charge on any atom is 0.166 e. The van der Waals surface area contributed by atoms with E-state index < -0.39 is 0 Å². The molecule has 1 aromatic carbocycles. The van der Waals surface area contributed by atoms with Crippen molar-refractivity contribution in [3.05, 3.63) is 29.8 Å². The van der Waals surface area contributed by atoms with Gasteiger partial charge in [0, 0.05) is 11.5 Å². The SMILES string of the molecule is CCC1CCCC(C(=O)c2cccc(OC)c2)C1. The van der Waals surface area contributed by atoms with Gasteiger partial charge in [0.15, 0.2) is 5.78 Å². The molecule has 2 unspecified atom stereocenters. The third-order valence-corrected chi connectivity index (χ3v) is 4.09. The van der Waals surface area contributed by atoms with Crippen LogP contribution >= 0.6 is 0 Å². The van der Waals surface area contributed by atoms with Crippen LogP contribution in [0.15, 0.2) is 24.3 Å². The number of rotatable bonds is 4. The van der Waals surface area contributed by atoms with Gasteiger partial charge in [-0.2, -0.15) is 0 Å². The number of carbonyl (C=O) groups excluding carboxylic acids is 1. The molecule has 1 aliphatic rings. The molecule has 2 nitrogen and oxygen atoms in total. The molecule has 2 rings (SSSR count). The van der Waals surface area contributed by atoms with E-state index in [9.17, 15) is 4.79 Å². The second-order valence-corrected chi connectivity index (χ2v) is 5.23. The molecule has 0 spiro atoms. The van der Waals surface area contributed by atoms with Crippen LogP contribution in [0.5, 0.6) is 5.75 Å². The molecule has 0 aromatic heterocycles. The van der Waals surface area contributed by atoms with Crippen LogP contribution in [0.1, 0.15) is 49.4 Å². The van der Waals surface area contributed by atoms with E-state index in [2.05, 4.69) is 6.92 Å². The van der Waals surface area contributed by atoms with Crippen molar-refractivity contribution in [2.45, 2.75) is 39.0 Å². The van der Waals surface area contributed by atoms with Crippen LogP contribution in [0, 0.1) is 11.8 Å². The molecular formula is C16H22O2. The number of carbonyl (C=O) groups is 1. The summed E-state index contributed by atoms with van der Waals surface area (Å²) >= 11 is 0. The second-order valence-electron chi connectivity index (χ2n) is 5.23. The maximum absolute atomic E-state index is 12.5. The van der Waals surface area contributed by atoms with Gasteiger partial charge in [-0.05, 0) is 30.9 Å². The minimum absolute atomic E-state index is 0.218. The van der Waals surface area contributed by atoms with Crippen LogP contribution in [0.25, 0.3) is 0 Å². The Bertz CT molecular complexity index is 411. The first kappa shape index (κ1) is 13.1. The molecule has 2 atom stereocenters. The molecule has 0 saturated heterocycles. The normalized spacial score (nSPS) is 23.7. The van der Waals surface area contributed by atoms with Gasteiger partial charge in [-0.1, -0.05) is 38.3 Å². The van der Waals surface area contributed by atoms with Crippen molar-refractivity contribution in [1.82, 2.24) is 0 Å². The van der Waals surface area contributed by atoms with Crippen LogP contribution in [0.3, 0.4) is 0 Å². The summed E-state index contributed by atoms with van der Waals surface area (Å²) in [6.07, 6.45) is 5.79. The third-order valence-electron chi connectivity index (χ3n) is 4.09. The fourth-order valence-corrected chi connectivity index (χ4v) is 2.91. The summed E-state index contributed by atoms with van der Waals surface area (Å²) in [6.45, 7) is 2.23. The Balaban J connectivity index is 2.10. The van der Waals surface area contributed by atoms with Crippen LogP contribution < -0.4 is 4.74 Å². The van der Waals surface area contributed by atoms with Gasteiger partial charge in [-0.25, -0.2) is 0 Å². The number of hydrogen-bond donors (Lipinski definition) is 0. The van der Waals surface area contributed by atoms with Crippen LogP contribution in [0.2, 0.25) is 0 Å². The summed E-state index contributed by atoms with van der Waals surface area (Å²) in [5, 5.41) is 0. The highest BCUT2D eigenvalue weighted by Gasteiger charge is 2.27.